The summed E-state index contributed by atoms with van der Waals surface area (Å²) in [6.07, 6.45) is 5.50. The summed E-state index contributed by atoms with van der Waals surface area (Å²) in [4.78, 5) is 5.43. The fraction of sp³-hybridized carbons (Fsp3) is 0.438. The number of nitrogens with one attached hydrogen (secondary N) is 1. The maximum atomic E-state index is 5.79. The first kappa shape index (κ1) is 14.9. The molecule has 1 aromatic heterocycles. The summed E-state index contributed by atoms with van der Waals surface area (Å²) in [5, 5.41) is 4.16. The van der Waals surface area contributed by atoms with Crippen LogP contribution in [0.15, 0.2) is 30.5 Å². The number of benzene rings is 1. The summed E-state index contributed by atoms with van der Waals surface area (Å²) in [6, 6.07) is 8.41. The number of anilines is 1. The normalized spacial score (nSPS) is 10.5. The third-order valence-corrected chi connectivity index (χ3v) is 3.93. The van der Waals surface area contributed by atoms with Crippen LogP contribution in [0.3, 0.4) is 0 Å². The molecule has 2 aromatic rings. The quantitative estimate of drug-likeness (QED) is 0.777. The standard InChI is InChI=1S/C16H22N2OS/c1-3-5-6-13-7-9-14(10-8-13)19-12-15-11-18-16(20-15)17-4-2/h7-11H,3-6,12H2,1-2H3,(H,17,18). The Balaban J connectivity index is 1.83. The number of aryl methyl sites for hydroxylation is 1. The highest BCUT2D eigenvalue weighted by molar-refractivity contribution is 7.15. The van der Waals surface area contributed by atoms with E-state index in [0.29, 0.717) is 6.61 Å². The van der Waals surface area contributed by atoms with Crippen LogP contribution in [-0.4, -0.2) is 11.5 Å². The summed E-state index contributed by atoms with van der Waals surface area (Å²) in [5.41, 5.74) is 1.38. The molecule has 0 saturated heterocycles. The topological polar surface area (TPSA) is 34.1 Å². The van der Waals surface area contributed by atoms with Crippen LogP contribution in [0.25, 0.3) is 0 Å². The first-order valence-corrected chi connectivity index (χ1v) is 8.03. The van der Waals surface area contributed by atoms with E-state index in [2.05, 4.69) is 48.4 Å². The molecule has 0 atom stereocenters. The molecule has 3 nitrogen and oxygen atoms in total. The van der Waals surface area contributed by atoms with Crippen molar-refractivity contribution in [2.24, 2.45) is 0 Å². The summed E-state index contributed by atoms with van der Waals surface area (Å²) in [5.74, 6) is 0.920. The number of hydrogen-bond acceptors (Lipinski definition) is 4. The van der Waals surface area contributed by atoms with E-state index in [1.165, 1.54) is 18.4 Å². The molecular formula is C16H22N2OS. The van der Waals surface area contributed by atoms with Gasteiger partial charge in [-0.3, -0.25) is 0 Å². The Morgan fingerprint density at radius 1 is 1.20 bits per heavy atom. The van der Waals surface area contributed by atoms with Crippen molar-refractivity contribution in [2.75, 3.05) is 11.9 Å². The predicted octanol–water partition coefficient (Wildman–Crippen LogP) is 4.50. The highest BCUT2D eigenvalue weighted by Crippen LogP contribution is 2.20. The number of rotatable bonds is 8. The van der Waals surface area contributed by atoms with Crippen molar-refractivity contribution in [3.05, 3.63) is 40.9 Å². The van der Waals surface area contributed by atoms with E-state index < -0.39 is 0 Å². The van der Waals surface area contributed by atoms with E-state index in [4.69, 9.17) is 4.74 Å². The highest BCUT2D eigenvalue weighted by Gasteiger charge is 2.02. The second-order valence-electron chi connectivity index (χ2n) is 4.70. The zero-order valence-corrected chi connectivity index (χ0v) is 13.0. The van der Waals surface area contributed by atoms with E-state index in [0.717, 1.165) is 28.7 Å². The predicted molar refractivity (Wildman–Crippen MR) is 85.7 cm³/mol. The van der Waals surface area contributed by atoms with Crippen molar-refractivity contribution in [2.45, 2.75) is 39.7 Å². The minimum absolute atomic E-state index is 0.581. The summed E-state index contributed by atoms with van der Waals surface area (Å²) in [6.45, 7) is 5.76. The minimum Gasteiger partial charge on any atom is -0.488 e. The fourth-order valence-electron chi connectivity index (χ4n) is 1.89. The first-order valence-electron chi connectivity index (χ1n) is 7.22. The zero-order chi connectivity index (χ0) is 14.2. The van der Waals surface area contributed by atoms with Gasteiger partial charge in [-0.1, -0.05) is 36.8 Å². The number of unbranched alkanes of at least 4 members (excludes halogenated alkanes) is 1. The van der Waals surface area contributed by atoms with Gasteiger partial charge in [-0.15, -0.1) is 0 Å². The Morgan fingerprint density at radius 3 is 2.70 bits per heavy atom. The summed E-state index contributed by atoms with van der Waals surface area (Å²) in [7, 11) is 0. The van der Waals surface area contributed by atoms with E-state index in [1.807, 2.05) is 6.20 Å². The van der Waals surface area contributed by atoms with Crippen molar-refractivity contribution in [3.63, 3.8) is 0 Å². The zero-order valence-electron chi connectivity index (χ0n) is 12.2. The molecule has 0 radical (unpaired) electrons. The number of nitrogens with zero attached hydrogens (tertiary/aromatic N) is 1. The minimum atomic E-state index is 0.581. The Bertz CT molecular complexity index is 507. The van der Waals surface area contributed by atoms with Gasteiger partial charge in [0.1, 0.15) is 12.4 Å². The first-order chi connectivity index (χ1) is 9.81. The second kappa shape index (κ2) is 7.90. The summed E-state index contributed by atoms with van der Waals surface area (Å²) < 4.78 is 5.79. The lowest BCUT2D eigenvalue weighted by atomic mass is 10.1. The second-order valence-corrected chi connectivity index (χ2v) is 5.81. The van der Waals surface area contributed by atoms with Gasteiger partial charge in [0.25, 0.3) is 0 Å². The summed E-state index contributed by atoms with van der Waals surface area (Å²) >= 11 is 1.64. The Morgan fingerprint density at radius 2 is 2.00 bits per heavy atom. The van der Waals surface area contributed by atoms with Gasteiger partial charge in [-0.25, -0.2) is 4.98 Å². The lowest BCUT2D eigenvalue weighted by molar-refractivity contribution is 0.309. The molecule has 0 amide bonds. The maximum absolute atomic E-state index is 5.79. The highest BCUT2D eigenvalue weighted by atomic mass is 32.1. The number of ether oxygens (including phenoxy) is 1. The van der Waals surface area contributed by atoms with E-state index >= 15 is 0 Å². The van der Waals surface area contributed by atoms with Crippen LogP contribution in [-0.2, 0) is 13.0 Å². The molecule has 0 bridgehead atoms. The molecule has 4 heteroatoms. The largest absolute Gasteiger partial charge is 0.488 e. The third-order valence-electron chi connectivity index (χ3n) is 3.01. The molecule has 0 unspecified atom stereocenters. The van der Waals surface area contributed by atoms with Gasteiger partial charge in [-0.05, 0) is 37.5 Å². The van der Waals surface area contributed by atoms with Gasteiger partial charge in [0, 0.05) is 12.7 Å². The van der Waals surface area contributed by atoms with Crippen molar-refractivity contribution in [1.82, 2.24) is 4.98 Å². The molecule has 0 aliphatic rings. The average Bonchev–Trinajstić information content (AvgIpc) is 2.92. The van der Waals surface area contributed by atoms with Crippen LogP contribution in [0.4, 0.5) is 5.13 Å². The van der Waals surface area contributed by atoms with Crippen LogP contribution in [0.1, 0.15) is 37.1 Å². The number of hydrogen-bond donors (Lipinski definition) is 1. The average molecular weight is 290 g/mol. The van der Waals surface area contributed by atoms with Gasteiger partial charge in [-0.2, -0.15) is 0 Å². The molecule has 0 spiro atoms. The van der Waals surface area contributed by atoms with E-state index in [-0.39, 0.29) is 0 Å². The number of thiazole rings is 1. The molecule has 1 aromatic carbocycles. The molecule has 1 heterocycles. The monoisotopic (exact) mass is 290 g/mol. The Labute approximate surface area is 125 Å². The molecule has 2 rings (SSSR count). The number of aromatic nitrogens is 1. The molecule has 20 heavy (non-hydrogen) atoms. The van der Waals surface area contributed by atoms with E-state index in [1.54, 1.807) is 11.3 Å². The smallest absolute Gasteiger partial charge is 0.182 e. The Hall–Kier alpha value is -1.55. The van der Waals surface area contributed by atoms with Crippen molar-refractivity contribution in [3.8, 4) is 5.75 Å². The van der Waals surface area contributed by atoms with Crippen LogP contribution in [0.2, 0.25) is 0 Å². The van der Waals surface area contributed by atoms with Crippen molar-refractivity contribution < 1.29 is 4.74 Å². The maximum Gasteiger partial charge on any atom is 0.182 e. The molecule has 0 saturated carbocycles. The van der Waals surface area contributed by atoms with Crippen molar-refractivity contribution >= 4 is 16.5 Å². The van der Waals surface area contributed by atoms with Crippen LogP contribution in [0, 0.1) is 0 Å². The van der Waals surface area contributed by atoms with Gasteiger partial charge < -0.3 is 10.1 Å². The lowest BCUT2D eigenvalue weighted by Gasteiger charge is -2.05. The van der Waals surface area contributed by atoms with Crippen LogP contribution < -0.4 is 10.1 Å². The van der Waals surface area contributed by atoms with Gasteiger partial charge >= 0.3 is 0 Å². The van der Waals surface area contributed by atoms with Gasteiger partial charge in [0.15, 0.2) is 5.13 Å². The molecule has 0 fully saturated rings. The molecule has 0 aliphatic carbocycles. The van der Waals surface area contributed by atoms with Crippen molar-refractivity contribution in [1.29, 1.82) is 0 Å². The molecule has 0 aliphatic heterocycles. The lowest BCUT2D eigenvalue weighted by Crippen LogP contribution is -1.94. The van der Waals surface area contributed by atoms with Crippen LogP contribution in [0.5, 0.6) is 5.75 Å². The third kappa shape index (κ3) is 4.53. The van der Waals surface area contributed by atoms with E-state index in [9.17, 15) is 0 Å². The molecule has 108 valence electrons. The van der Waals surface area contributed by atoms with Gasteiger partial charge in [0.2, 0.25) is 0 Å². The molecular weight excluding hydrogens is 268 g/mol. The molecule has 1 N–H and O–H groups in total. The SMILES string of the molecule is CCCCc1ccc(OCc2cnc(NCC)s2)cc1. The fourth-order valence-corrected chi connectivity index (χ4v) is 2.69. The Kier molecular flexibility index (Phi) is 5.87. The van der Waals surface area contributed by atoms with Crippen LogP contribution >= 0.6 is 11.3 Å². The van der Waals surface area contributed by atoms with Gasteiger partial charge in [0.05, 0.1) is 4.88 Å².